The van der Waals surface area contributed by atoms with E-state index in [-0.39, 0.29) is 6.61 Å². The Morgan fingerprint density at radius 1 is 1.00 bits per heavy atom. The largest absolute Gasteiger partial charge is 0.493 e. The average Bonchev–Trinajstić information content (AvgIpc) is 2.41. The van der Waals surface area contributed by atoms with E-state index in [2.05, 4.69) is 0 Å². The molecule has 0 aliphatic rings. The lowest BCUT2D eigenvalue weighted by Crippen LogP contribution is -1.94. The monoisotopic (exact) mass is 244 g/mol. The van der Waals surface area contributed by atoms with Crippen LogP contribution in [0.5, 0.6) is 17.2 Å². The Balaban J connectivity index is 2.33. The highest BCUT2D eigenvalue weighted by Gasteiger charge is 2.08. The number of hydrogen-bond donors (Lipinski definition) is 1. The maximum absolute atomic E-state index is 9.34. The Morgan fingerprint density at radius 2 is 1.72 bits per heavy atom. The van der Waals surface area contributed by atoms with Gasteiger partial charge >= 0.3 is 0 Å². The zero-order valence-electron chi connectivity index (χ0n) is 10.5. The molecule has 0 heterocycles. The number of aryl methyl sites for hydroxylation is 1. The van der Waals surface area contributed by atoms with Gasteiger partial charge in [-0.05, 0) is 25.1 Å². The molecule has 3 nitrogen and oxygen atoms in total. The Bertz CT molecular complexity index is 535. The zero-order chi connectivity index (χ0) is 13.0. The highest BCUT2D eigenvalue weighted by atomic mass is 16.5. The van der Waals surface area contributed by atoms with Gasteiger partial charge in [0.1, 0.15) is 5.75 Å². The van der Waals surface area contributed by atoms with Gasteiger partial charge in [0.15, 0.2) is 11.5 Å². The normalized spacial score (nSPS) is 10.2. The number of para-hydroxylation sites is 2. The molecule has 3 heteroatoms. The summed E-state index contributed by atoms with van der Waals surface area (Å²) in [6, 6.07) is 13.1. The molecule has 0 aliphatic carbocycles. The standard InChI is InChI=1S/C15H16O3/c1-11-7-8-13(12(9-11)10-16)18-15-6-4-3-5-14(15)17-2/h3-9,16H,10H2,1-2H3. The smallest absolute Gasteiger partial charge is 0.169 e. The van der Waals surface area contributed by atoms with Crippen molar-refractivity contribution >= 4 is 0 Å². The van der Waals surface area contributed by atoms with E-state index in [4.69, 9.17) is 9.47 Å². The summed E-state index contributed by atoms with van der Waals surface area (Å²) in [6.45, 7) is 1.93. The first-order valence-corrected chi connectivity index (χ1v) is 5.76. The Kier molecular flexibility index (Phi) is 3.85. The highest BCUT2D eigenvalue weighted by Crippen LogP contribution is 2.32. The highest BCUT2D eigenvalue weighted by molar-refractivity contribution is 5.45. The summed E-state index contributed by atoms with van der Waals surface area (Å²) in [5.74, 6) is 1.95. The molecule has 0 atom stereocenters. The van der Waals surface area contributed by atoms with Gasteiger partial charge in [-0.2, -0.15) is 0 Å². The second kappa shape index (κ2) is 5.56. The summed E-state index contributed by atoms with van der Waals surface area (Å²) in [5, 5.41) is 9.34. The molecule has 0 fully saturated rings. The molecule has 0 saturated carbocycles. The first kappa shape index (κ1) is 12.5. The minimum Gasteiger partial charge on any atom is -0.493 e. The van der Waals surface area contributed by atoms with Crippen molar-refractivity contribution in [3.8, 4) is 17.2 Å². The van der Waals surface area contributed by atoms with E-state index in [1.54, 1.807) is 7.11 Å². The molecule has 0 radical (unpaired) electrons. The van der Waals surface area contributed by atoms with Crippen LogP contribution < -0.4 is 9.47 Å². The number of ether oxygens (including phenoxy) is 2. The van der Waals surface area contributed by atoms with Crippen molar-refractivity contribution in [2.45, 2.75) is 13.5 Å². The number of methoxy groups -OCH3 is 1. The fraction of sp³-hybridized carbons (Fsp3) is 0.200. The second-order valence-corrected chi connectivity index (χ2v) is 4.02. The summed E-state index contributed by atoms with van der Waals surface area (Å²) < 4.78 is 11.0. The van der Waals surface area contributed by atoms with Gasteiger partial charge in [0.2, 0.25) is 0 Å². The number of aliphatic hydroxyl groups is 1. The summed E-state index contributed by atoms with van der Waals surface area (Å²) in [7, 11) is 1.60. The van der Waals surface area contributed by atoms with Crippen LogP contribution in [0.3, 0.4) is 0 Å². The molecule has 0 bridgehead atoms. The first-order valence-electron chi connectivity index (χ1n) is 5.76. The van der Waals surface area contributed by atoms with Gasteiger partial charge in [-0.15, -0.1) is 0 Å². The van der Waals surface area contributed by atoms with Crippen molar-refractivity contribution in [1.29, 1.82) is 0 Å². The van der Waals surface area contributed by atoms with Crippen LogP contribution in [0.25, 0.3) is 0 Å². The molecule has 1 N–H and O–H groups in total. The van der Waals surface area contributed by atoms with E-state index in [1.165, 1.54) is 0 Å². The van der Waals surface area contributed by atoms with Crippen molar-refractivity contribution in [3.05, 3.63) is 53.6 Å². The topological polar surface area (TPSA) is 38.7 Å². The predicted molar refractivity (Wildman–Crippen MR) is 70.2 cm³/mol. The van der Waals surface area contributed by atoms with Gasteiger partial charge in [-0.1, -0.05) is 29.8 Å². The molecule has 0 saturated heterocycles. The molecule has 2 aromatic rings. The maximum atomic E-state index is 9.34. The third kappa shape index (κ3) is 2.63. The molecule has 0 aromatic heterocycles. The van der Waals surface area contributed by atoms with Crippen LogP contribution >= 0.6 is 0 Å². The molecule has 0 aliphatic heterocycles. The summed E-state index contributed by atoms with van der Waals surface area (Å²) in [5.41, 5.74) is 1.85. The van der Waals surface area contributed by atoms with E-state index in [9.17, 15) is 5.11 Å². The summed E-state index contributed by atoms with van der Waals surface area (Å²) in [4.78, 5) is 0. The average molecular weight is 244 g/mol. The fourth-order valence-electron chi connectivity index (χ4n) is 1.75. The summed E-state index contributed by atoms with van der Waals surface area (Å²) >= 11 is 0. The lowest BCUT2D eigenvalue weighted by atomic mass is 10.1. The number of aliphatic hydroxyl groups excluding tert-OH is 1. The van der Waals surface area contributed by atoms with Crippen molar-refractivity contribution in [2.75, 3.05) is 7.11 Å². The second-order valence-electron chi connectivity index (χ2n) is 4.02. The van der Waals surface area contributed by atoms with Gasteiger partial charge in [0.05, 0.1) is 13.7 Å². The predicted octanol–water partition coefficient (Wildman–Crippen LogP) is 3.29. The van der Waals surface area contributed by atoms with E-state index >= 15 is 0 Å². The molecule has 0 amide bonds. The molecular weight excluding hydrogens is 228 g/mol. The van der Waals surface area contributed by atoms with Crippen LogP contribution in [0.1, 0.15) is 11.1 Å². The molecule has 0 unspecified atom stereocenters. The zero-order valence-corrected chi connectivity index (χ0v) is 10.5. The van der Waals surface area contributed by atoms with Gasteiger partial charge in [0, 0.05) is 5.56 Å². The minimum atomic E-state index is -0.0494. The Morgan fingerprint density at radius 3 is 2.39 bits per heavy atom. The number of rotatable bonds is 4. The Hall–Kier alpha value is -2.00. The first-order chi connectivity index (χ1) is 8.74. The van der Waals surface area contributed by atoms with Gasteiger partial charge in [-0.3, -0.25) is 0 Å². The maximum Gasteiger partial charge on any atom is 0.169 e. The van der Waals surface area contributed by atoms with Crippen LogP contribution in [-0.4, -0.2) is 12.2 Å². The molecule has 94 valence electrons. The van der Waals surface area contributed by atoms with Crippen molar-refractivity contribution in [3.63, 3.8) is 0 Å². The molecule has 0 spiro atoms. The lowest BCUT2D eigenvalue weighted by molar-refractivity contribution is 0.275. The third-order valence-electron chi connectivity index (χ3n) is 2.68. The molecule has 2 aromatic carbocycles. The van der Waals surface area contributed by atoms with E-state index in [1.807, 2.05) is 49.4 Å². The Labute approximate surface area is 107 Å². The lowest BCUT2D eigenvalue weighted by Gasteiger charge is -2.13. The number of hydrogen-bond acceptors (Lipinski definition) is 3. The van der Waals surface area contributed by atoms with Crippen molar-refractivity contribution in [2.24, 2.45) is 0 Å². The third-order valence-corrected chi connectivity index (χ3v) is 2.68. The van der Waals surface area contributed by atoms with Gasteiger partial charge in [0.25, 0.3) is 0 Å². The van der Waals surface area contributed by atoms with E-state index in [0.29, 0.717) is 17.2 Å². The van der Waals surface area contributed by atoms with Crippen LogP contribution in [-0.2, 0) is 6.61 Å². The van der Waals surface area contributed by atoms with Crippen molar-refractivity contribution in [1.82, 2.24) is 0 Å². The summed E-state index contributed by atoms with van der Waals surface area (Å²) in [6.07, 6.45) is 0. The van der Waals surface area contributed by atoms with Crippen LogP contribution in [0.4, 0.5) is 0 Å². The van der Waals surface area contributed by atoms with Crippen LogP contribution in [0.2, 0.25) is 0 Å². The molecule has 2 rings (SSSR count). The number of benzene rings is 2. The van der Waals surface area contributed by atoms with Gasteiger partial charge < -0.3 is 14.6 Å². The van der Waals surface area contributed by atoms with E-state index < -0.39 is 0 Å². The SMILES string of the molecule is COc1ccccc1Oc1ccc(C)cc1CO. The molecular formula is C15H16O3. The fourth-order valence-corrected chi connectivity index (χ4v) is 1.75. The molecule has 18 heavy (non-hydrogen) atoms. The van der Waals surface area contributed by atoms with E-state index in [0.717, 1.165) is 11.1 Å². The van der Waals surface area contributed by atoms with Gasteiger partial charge in [-0.25, -0.2) is 0 Å². The van der Waals surface area contributed by atoms with Crippen molar-refractivity contribution < 1.29 is 14.6 Å². The van der Waals surface area contributed by atoms with Crippen LogP contribution in [0.15, 0.2) is 42.5 Å². The quantitative estimate of drug-likeness (QED) is 0.897. The minimum absolute atomic E-state index is 0.0494. The van der Waals surface area contributed by atoms with Crippen LogP contribution in [0, 0.1) is 6.92 Å².